The Morgan fingerprint density at radius 1 is 1.22 bits per heavy atom. The highest BCUT2D eigenvalue weighted by molar-refractivity contribution is 9.11. The zero-order valence-electron chi connectivity index (χ0n) is 12.5. The largest absolute Gasteiger partial charge is 0.492 e. The Hall–Kier alpha value is -1.59. The Kier molecular flexibility index (Phi) is 4.87. The van der Waals surface area contributed by atoms with Crippen LogP contribution in [0, 0.1) is 0 Å². The number of hydrogen-bond donors (Lipinski definition) is 1. The van der Waals surface area contributed by atoms with Crippen molar-refractivity contribution in [3.8, 4) is 5.75 Å². The van der Waals surface area contributed by atoms with E-state index in [0.717, 1.165) is 37.9 Å². The summed E-state index contributed by atoms with van der Waals surface area (Å²) >= 11 is 7.04. The van der Waals surface area contributed by atoms with Crippen LogP contribution in [0.3, 0.4) is 0 Å². The molecule has 0 spiro atoms. The predicted molar refractivity (Wildman–Crippen MR) is 101 cm³/mol. The molecule has 1 heterocycles. The van der Waals surface area contributed by atoms with Gasteiger partial charge in [-0.2, -0.15) is 0 Å². The van der Waals surface area contributed by atoms with Crippen molar-refractivity contribution in [2.24, 2.45) is 0 Å². The van der Waals surface area contributed by atoms with Gasteiger partial charge in [-0.25, -0.2) is 0 Å². The normalized spacial score (nSPS) is 14.7. The first kappa shape index (κ1) is 16.3. The van der Waals surface area contributed by atoms with Crippen molar-refractivity contribution in [3.05, 3.63) is 56.5 Å². The lowest BCUT2D eigenvalue weighted by Crippen LogP contribution is -2.04. The summed E-state index contributed by atoms with van der Waals surface area (Å²) < 4.78 is 7.64. The number of rotatable bonds is 4. The van der Waals surface area contributed by atoms with Gasteiger partial charge in [0.05, 0.1) is 11.1 Å². The van der Waals surface area contributed by atoms with Gasteiger partial charge < -0.3 is 10.1 Å². The standard InChI is InChI=1S/C18H15Br2NO2/c1-2-7-23-17-11(8-12(19)10-15(17)20)9-14-13-5-3-4-6-16(13)21-18(14)22/h3-6,8-10H,2,7H2,1H3,(H,21,22). The molecule has 0 saturated heterocycles. The molecule has 2 aromatic carbocycles. The summed E-state index contributed by atoms with van der Waals surface area (Å²) in [6.07, 6.45) is 2.80. The Morgan fingerprint density at radius 3 is 2.78 bits per heavy atom. The van der Waals surface area contributed by atoms with Gasteiger partial charge in [-0.05, 0) is 46.6 Å². The van der Waals surface area contributed by atoms with Gasteiger partial charge in [-0.3, -0.25) is 4.79 Å². The van der Waals surface area contributed by atoms with Crippen LogP contribution in [0.5, 0.6) is 5.75 Å². The molecular weight excluding hydrogens is 422 g/mol. The van der Waals surface area contributed by atoms with Crippen molar-refractivity contribution >= 4 is 55.1 Å². The number of benzene rings is 2. The molecule has 1 aliphatic rings. The maximum Gasteiger partial charge on any atom is 0.256 e. The lowest BCUT2D eigenvalue weighted by Gasteiger charge is -2.12. The van der Waals surface area contributed by atoms with Crippen LogP contribution >= 0.6 is 31.9 Å². The highest BCUT2D eigenvalue weighted by Gasteiger charge is 2.24. The van der Waals surface area contributed by atoms with E-state index in [2.05, 4.69) is 44.1 Å². The number of nitrogens with one attached hydrogen (secondary N) is 1. The molecule has 3 nitrogen and oxygen atoms in total. The van der Waals surface area contributed by atoms with E-state index in [1.165, 1.54) is 0 Å². The van der Waals surface area contributed by atoms with Crippen molar-refractivity contribution in [1.82, 2.24) is 0 Å². The topological polar surface area (TPSA) is 38.3 Å². The Balaban J connectivity index is 2.10. The van der Waals surface area contributed by atoms with E-state index in [4.69, 9.17) is 4.74 Å². The van der Waals surface area contributed by atoms with Crippen LogP contribution in [0.15, 0.2) is 45.3 Å². The maximum absolute atomic E-state index is 12.3. The van der Waals surface area contributed by atoms with E-state index in [9.17, 15) is 4.79 Å². The molecule has 1 N–H and O–H groups in total. The zero-order chi connectivity index (χ0) is 16.4. The van der Waals surface area contributed by atoms with Gasteiger partial charge in [0.25, 0.3) is 5.91 Å². The maximum atomic E-state index is 12.3. The second-order valence-electron chi connectivity index (χ2n) is 5.21. The molecule has 0 unspecified atom stereocenters. The molecule has 3 rings (SSSR count). The molecule has 0 fully saturated rings. The van der Waals surface area contributed by atoms with Gasteiger partial charge in [-0.15, -0.1) is 0 Å². The fourth-order valence-corrected chi connectivity index (χ4v) is 3.85. The summed E-state index contributed by atoms with van der Waals surface area (Å²) in [7, 11) is 0. The molecule has 0 bridgehead atoms. The van der Waals surface area contributed by atoms with Gasteiger partial charge in [0.1, 0.15) is 5.75 Å². The minimum Gasteiger partial charge on any atom is -0.492 e. The molecule has 0 aromatic heterocycles. The van der Waals surface area contributed by atoms with Crippen LogP contribution in [0.2, 0.25) is 0 Å². The minimum atomic E-state index is -0.0938. The SMILES string of the molecule is CCCOc1c(Br)cc(Br)cc1C=C1C(=O)Nc2ccccc21. The number of halogens is 2. The monoisotopic (exact) mass is 435 g/mol. The summed E-state index contributed by atoms with van der Waals surface area (Å²) in [6.45, 7) is 2.69. The summed E-state index contributed by atoms with van der Waals surface area (Å²) in [5.74, 6) is 0.656. The van der Waals surface area contributed by atoms with Gasteiger partial charge in [0, 0.05) is 26.9 Å². The Labute approximate surface area is 152 Å². The lowest BCUT2D eigenvalue weighted by molar-refractivity contribution is -0.110. The Bertz CT molecular complexity index is 800. The molecule has 0 saturated carbocycles. The van der Waals surface area contributed by atoms with Crippen LogP contribution in [0.1, 0.15) is 24.5 Å². The number of anilines is 1. The molecule has 23 heavy (non-hydrogen) atoms. The number of hydrogen-bond acceptors (Lipinski definition) is 2. The summed E-state index contributed by atoms with van der Waals surface area (Å²) in [5.41, 5.74) is 3.26. The van der Waals surface area contributed by atoms with Gasteiger partial charge in [-0.1, -0.05) is 41.1 Å². The van der Waals surface area contributed by atoms with E-state index >= 15 is 0 Å². The van der Waals surface area contributed by atoms with Crippen LogP contribution in [0.25, 0.3) is 11.6 Å². The number of carbonyl (C=O) groups is 1. The smallest absolute Gasteiger partial charge is 0.256 e. The van der Waals surface area contributed by atoms with Crippen LogP contribution < -0.4 is 10.1 Å². The molecule has 1 amide bonds. The van der Waals surface area contributed by atoms with E-state index in [-0.39, 0.29) is 5.91 Å². The van der Waals surface area contributed by atoms with Crippen molar-refractivity contribution in [2.45, 2.75) is 13.3 Å². The van der Waals surface area contributed by atoms with Crippen molar-refractivity contribution < 1.29 is 9.53 Å². The van der Waals surface area contributed by atoms with E-state index < -0.39 is 0 Å². The highest BCUT2D eigenvalue weighted by atomic mass is 79.9. The highest BCUT2D eigenvalue weighted by Crippen LogP contribution is 2.38. The summed E-state index contributed by atoms with van der Waals surface area (Å²) in [5, 5.41) is 2.89. The summed E-state index contributed by atoms with van der Waals surface area (Å²) in [6, 6.07) is 11.6. The molecule has 2 aromatic rings. The van der Waals surface area contributed by atoms with Gasteiger partial charge in [0.15, 0.2) is 0 Å². The van der Waals surface area contributed by atoms with Crippen molar-refractivity contribution in [1.29, 1.82) is 0 Å². The summed E-state index contributed by atoms with van der Waals surface area (Å²) in [4.78, 5) is 12.3. The number of para-hydroxylation sites is 1. The fourth-order valence-electron chi connectivity index (χ4n) is 2.48. The Morgan fingerprint density at radius 2 is 2.00 bits per heavy atom. The molecule has 0 radical (unpaired) electrons. The number of fused-ring (bicyclic) bond motifs is 1. The quantitative estimate of drug-likeness (QED) is 0.643. The lowest BCUT2D eigenvalue weighted by atomic mass is 10.0. The second-order valence-corrected chi connectivity index (χ2v) is 6.98. The van der Waals surface area contributed by atoms with Gasteiger partial charge in [0.2, 0.25) is 0 Å². The first-order valence-corrected chi connectivity index (χ1v) is 8.93. The van der Waals surface area contributed by atoms with Crippen LogP contribution in [-0.4, -0.2) is 12.5 Å². The molecule has 1 aliphatic heterocycles. The molecule has 0 aliphatic carbocycles. The number of carbonyl (C=O) groups excluding carboxylic acids is 1. The van der Waals surface area contributed by atoms with Crippen molar-refractivity contribution in [3.63, 3.8) is 0 Å². The third-order valence-corrected chi connectivity index (χ3v) is 4.54. The minimum absolute atomic E-state index is 0.0938. The third kappa shape index (κ3) is 3.35. The predicted octanol–water partition coefficient (Wildman–Crippen LogP) is 5.49. The van der Waals surface area contributed by atoms with E-state index in [1.54, 1.807) is 0 Å². The molecule has 118 valence electrons. The average Bonchev–Trinajstić information content (AvgIpc) is 2.82. The van der Waals surface area contributed by atoms with Gasteiger partial charge >= 0.3 is 0 Å². The number of amides is 1. The van der Waals surface area contributed by atoms with Crippen LogP contribution in [0.4, 0.5) is 5.69 Å². The molecule has 5 heteroatoms. The second kappa shape index (κ2) is 6.89. The van der Waals surface area contributed by atoms with E-state index in [1.807, 2.05) is 42.5 Å². The zero-order valence-corrected chi connectivity index (χ0v) is 15.7. The van der Waals surface area contributed by atoms with Crippen molar-refractivity contribution in [2.75, 3.05) is 11.9 Å². The first-order chi connectivity index (χ1) is 11.1. The fraction of sp³-hybridized carbons (Fsp3) is 0.167. The average molecular weight is 437 g/mol. The molecular formula is C18H15Br2NO2. The van der Waals surface area contributed by atoms with Crippen LogP contribution in [-0.2, 0) is 4.79 Å². The third-order valence-electron chi connectivity index (χ3n) is 3.50. The molecule has 0 atom stereocenters. The number of ether oxygens (including phenoxy) is 1. The first-order valence-electron chi connectivity index (χ1n) is 7.34. The van der Waals surface area contributed by atoms with E-state index in [0.29, 0.717) is 12.2 Å².